The lowest BCUT2D eigenvalue weighted by atomic mass is 10.0. The van der Waals surface area contributed by atoms with E-state index in [4.69, 9.17) is 10.00 Å². The summed E-state index contributed by atoms with van der Waals surface area (Å²) >= 11 is 0. The minimum atomic E-state index is 0.134. The van der Waals surface area contributed by atoms with Crippen LogP contribution < -0.4 is 4.74 Å². The normalized spacial score (nSPS) is 10.0. The molecule has 0 spiro atoms. The Hall–Kier alpha value is -3.32. The van der Waals surface area contributed by atoms with Gasteiger partial charge < -0.3 is 9.84 Å². The fraction of sp³-hybridized carbons (Fsp3) is 0.0526. The number of phenols is 1. The predicted molar refractivity (Wildman–Crippen MR) is 86.8 cm³/mol. The quantitative estimate of drug-likeness (QED) is 0.793. The third kappa shape index (κ3) is 3.47. The maximum Gasteiger partial charge on any atom is 0.127 e. The topological polar surface area (TPSA) is 66.1 Å². The number of hydrogen-bond acceptors (Lipinski definition) is 4. The zero-order chi connectivity index (χ0) is 16.1. The molecule has 0 aliphatic rings. The second-order valence-electron chi connectivity index (χ2n) is 5.03. The van der Waals surface area contributed by atoms with Crippen molar-refractivity contribution in [3.63, 3.8) is 0 Å². The third-order valence-electron chi connectivity index (χ3n) is 3.38. The van der Waals surface area contributed by atoms with Gasteiger partial charge in [-0.3, -0.25) is 4.98 Å². The predicted octanol–water partition coefficient (Wildman–Crippen LogP) is 3.90. The minimum absolute atomic E-state index is 0.134. The van der Waals surface area contributed by atoms with Gasteiger partial charge in [-0.25, -0.2) is 0 Å². The first kappa shape index (κ1) is 14.6. The maximum absolute atomic E-state index is 9.77. The van der Waals surface area contributed by atoms with Crippen LogP contribution in [0.25, 0.3) is 11.1 Å². The molecular formula is C19H14N2O2. The van der Waals surface area contributed by atoms with Gasteiger partial charge in [0.1, 0.15) is 24.2 Å². The van der Waals surface area contributed by atoms with E-state index in [-0.39, 0.29) is 5.75 Å². The van der Waals surface area contributed by atoms with Crippen LogP contribution in [0, 0.1) is 11.3 Å². The van der Waals surface area contributed by atoms with Gasteiger partial charge in [0, 0.05) is 23.5 Å². The van der Waals surface area contributed by atoms with Crippen molar-refractivity contribution in [3.05, 3.63) is 78.1 Å². The lowest BCUT2D eigenvalue weighted by Crippen LogP contribution is -1.97. The molecule has 3 rings (SSSR count). The number of hydrogen-bond donors (Lipinski definition) is 1. The number of pyridine rings is 1. The molecule has 0 fully saturated rings. The van der Waals surface area contributed by atoms with E-state index in [1.54, 1.807) is 30.5 Å². The first-order valence-corrected chi connectivity index (χ1v) is 7.11. The minimum Gasteiger partial charge on any atom is -0.508 e. The lowest BCUT2D eigenvalue weighted by Gasteiger charge is -2.12. The Balaban J connectivity index is 1.93. The van der Waals surface area contributed by atoms with Crippen LogP contribution in [0.3, 0.4) is 0 Å². The molecule has 0 saturated carbocycles. The molecule has 0 aliphatic heterocycles. The lowest BCUT2D eigenvalue weighted by molar-refractivity contribution is 0.307. The van der Waals surface area contributed by atoms with Crippen molar-refractivity contribution in [1.82, 2.24) is 4.98 Å². The molecule has 23 heavy (non-hydrogen) atoms. The zero-order valence-electron chi connectivity index (χ0n) is 12.3. The average Bonchev–Trinajstić information content (AvgIpc) is 2.61. The second-order valence-corrected chi connectivity index (χ2v) is 5.03. The van der Waals surface area contributed by atoms with Crippen LogP contribution >= 0.6 is 0 Å². The van der Waals surface area contributed by atoms with Gasteiger partial charge in [0.25, 0.3) is 0 Å². The van der Waals surface area contributed by atoms with E-state index in [9.17, 15) is 5.11 Å². The van der Waals surface area contributed by atoms with Crippen molar-refractivity contribution in [2.24, 2.45) is 0 Å². The second kappa shape index (κ2) is 6.63. The van der Waals surface area contributed by atoms with Gasteiger partial charge in [0.15, 0.2) is 0 Å². The summed E-state index contributed by atoms with van der Waals surface area (Å²) in [5.41, 5.74) is 2.93. The van der Waals surface area contributed by atoms with Crippen LogP contribution in [-0.4, -0.2) is 10.1 Å². The molecule has 0 unspecified atom stereocenters. The van der Waals surface area contributed by atoms with Crippen molar-refractivity contribution in [2.75, 3.05) is 0 Å². The van der Waals surface area contributed by atoms with Gasteiger partial charge in [-0.05, 0) is 29.8 Å². The Morgan fingerprint density at radius 2 is 1.87 bits per heavy atom. The highest BCUT2D eigenvalue weighted by atomic mass is 16.5. The standard InChI is InChI=1S/C19H14N2O2/c20-10-15-8-16(12-21-11-15)18-9-17(22)6-7-19(18)23-13-14-4-2-1-3-5-14/h1-9,11-12,22H,13H2. The van der Waals surface area contributed by atoms with Crippen molar-refractivity contribution < 1.29 is 9.84 Å². The van der Waals surface area contributed by atoms with Gasteiger partial charge in [0.05, 0.1) is 5.56 Å². The molecule has 0 aliphatic carbocycles. The highest BCUT2D eigenvalue weighted by Crippen LogP contribution is 2.33. The van der Waals surface area contributed by atoms with Crippen molar-refractivity contribution in [3.8, 4) is 28.7 Å². The number of benzene rings is 2. The average molecular weight is 302 g/mol. The Kier molecular flexibility index (Phi) is 4.21. The Morgan fingerprint density at radius 1 is 1.04 bits per heavy atom. The first-order chi connectivity index (χ1) is 11.3. The SMILES string of the molecule is N#Cc1cncc(-c2cc(O)ccc2OCc2ccccc2)c1. The molecule has 1 heterocycles. The summed E-state index contributed by atoms with van der Waals surface area (Å²) in [6.45, 7) is 0.421. The summed E-state index contributed by atoms with van der Waals surface area (Å²) < 4.78 is 5.88. The Morgan fingerprint density at radius 3 is 2.65 bits per heavy atom. The van der Waals surface area contributed by atoms with Gasteiger partial charge in [-0.1, -0.05) is 30.3 Å². The van der Waals surface area contributed by atoms with E-state index >= 15 is 0 Å². The van der Waals surface area contributed by atoms with Crippen LogP contribution in [0.2, 0.25) is 0 Å². The van der Waals surface area contributed by atoms with Gasteiger partial charge in [-0.2, -0.15) is 5.26 Å². The summed E-state index contributed by atoms with van der Waals surface area (Å²) in [4.78, 5) is 4.06. The van der Waals surface area contributed by atoms with E-state index < -0.39 is 0 Å². The van der Waals surface area contributed by atoms with E-state index in [2.05, 4.69) is 11.1 Å². The number of phenolic OH excluding ortho intramolecular Hbond substituents is 1. The number of aromatic nitrogens is 1. The summed E-state index contributed by atoms with van der Waals surface area (Å²) in [6, 6.07) is 18.5. The molecule has 1 N–H and O–H groups in total. The fourth-order valence-corrected chi connectivity index (χ4v) is 2.25. The van der Waals surface area contributed by atoms with Crippen LogP contribution in [0.1, 0.15) is 11.1 Å². The number of nitriles is 1. The van der Waals surface area contributed by atoms with Gasteiger partial charge >= 0.3 is 0 Å². The molecule has 4 heteroatoms. The van der Waals surface area contributed by atoms with Crippen LogP contribution in [0.15, 0.2) is 67.0 Å². The fourth-order valence-electron chi connectivity index (χ4n) is 2.25. The van der Waals surface area contributed by atoms with E-state index in [0.717, 1.165) is 11.1 Å². The van der Waals surface area contributed by atoms with Crippen LogP contribution in [0.5, 0.6) is 11.5 Å². The number of ether oxygens (including phenoxy) is 1. The number of rotatable bonds is 4. The molecule has 4 nitrogen and oxygen atoms in total. The van der Waals surface area contributed by atoms with Crippen molar-refractivity contribution in [2.45, 2.75) is 6.61 Å². The largest absolute Gasteiger partial charge is 0.508 e. The zero-order valence-corrected chi connectivity index (χ0v) is 12.3. The summed E-state index contributed by atoms with van der Waals surface area (Å²) in [7, 11) is 0. The van der Waals surface area contributed by atoms with Gasteiger partial charge in [0.2, 0.25) is 0 Å². The molecule has 1 aromatic heterocycles. The molecule has 3 aromatic rings. The van der Waals surface area contributed by atoms with Crippen LogP contribution in [-0.2, 0) is 6.61 Å². The molecular weight excluding hydrogens is 288 g/mol. The maximum atomic E-state index is 9.77. The van der Waals surface area contributed by atoms with Crippen LogP contribution in [0.4, 0.5) is 0 Å². The van der Waals surface area contributed by atoms with Crippen molar-refractivity contribution >= 4 is 0 Å². The summed E-state index contributed by atoms with van der Waals surface area (Å²) in [5.74, 6) is 0.762. The van der Waals surface area contributed by atoms with E-state index in [1.807, 2.05) is 30.3 Å². The molecule has 0 bridgehead atoms. The third-order valence-corrected chi connectivity index (χ3v) is 3.38. The molecule has 0 atom stereocenters. The van der Waals surface area contributed by atoms with Crippen molar-refractivity contribution in [1.29, 1.82) is 5.26 Å². The molecule has 0 amide bonds. The van der Waals surface area contributed by atoms with E-state index in [1.165, 1.54) is 6.20 Å². The first-order valence-electron chi connectivity index (χ1n) is 7.11. The molecule has 2 aromatic carbocycles. The van der Waals surface area contributed by atoms with E-state index in [0.29, 0.717) is 23.5 Å². The van der Waals surface area contributed by atoms with Gasteiger partial charge in [-0.15, -0.1) is 0 Å². The summed E-state index contributed by atoms with van der Waals surface area (Å²) in [6.07, 6.45) is 3.14. The number of aromatic hydroxyl groups is 1. The molecule has 0 radical (unpaired) electrons. The summed E-state index contributed by atoms with van der Waals surface area (Å²) in [5, 5.41) is 18.8. The monoisotopic (exact) mass is 302 g/mol. The highest BCUT2D eigenvalue weighted by molar-refractivity contribution is 5.72. The molecule has 112 valence electrons. The smallest absolute Gasteiger partial charge is 0.127 e. The Labute approximate surface area is 134 Å². The highest BCUT2D eigenvalue weighted by Gasteiger charge is 2.09. The number of nitrogens with zero attached hydrogens (tertiary/aromatic N) is 2. The molecule has 0 saturated heterocycles. The Bertz CT molecular complexity index is 855.